The molecule has 0 amide bonds. The summed E-state index contributed by atoms with van der Waals surface area (Å²) in [7, 11) is 0. The van der Waals surface area contributed by atoms with Gasteiger partial charge in [0.25, 0.3) is 0 Å². The van der Waals surface area contributed by atoms with Crippen LogP contribution < -0.4 is 0 Å². The van der Waals surface area contributed by atoms with Crippen LogP contribution in [0, 0.1) is 0 Å². The lowest BCUT2D eigenvalue weighted by Gasteiger charge is -2.02. The van der Waals surface area contributed by atoms with Gasteiger partial charge in [-0.25, -0.2) is 4.68 Å². The van der Waals surface area contributed by atoms with Crippen molar-refractivity contribution in [2.45, 2.75) is 19.9 Å². The highest BCUT2D eigenvalue weighted by atomic mass is 35.5. The van der Waals surface area contributed by atoms with E-state index >= 15 is 0 Å². The van der Waals surface area contributed by atoms with Crippen molar-refractivity contribution in [3.63, 3.8) is 0 Å². The lowest BCUT2D eigenvalue weighted by Crippen LogP contribution is -2.02. The number of rotatable bonds is 1. The normalized spacial score (nSPS) is 10.7. The second kappa shape index (κ2) is 2.35. The van der Waals surface area contributed by atoms with Crippen LogP contribution in [0.15, 0.2) is 6.20 Å². The molecule has 0 N–H and O–H groups in total. The van der Waals surface area contributed by atoms with E-state index in [9.17, 15) is 0 Å². The standard InChI is InChI=1S/C5H8ClN3/c1-4(2)9-5(6)3-7-8-9/h3-4H,1-2H3. The van der Waals surface area contributed by atoms with Gasteiger partial charge in [0.2, 0.25) is 0 Å². The van der Waals surface area contributed by atoms with Gasteiger partial charge in [-0.3, -0.25) is 0 Å². The molecule has 0 aliphatic heterocycles. The Hall–Kier alpha value is -0.570. The van der Waals surface area contributed by atoms with E-state index in [1.807, 2.05) is 13.8 Å². The third-order valence-corrected chi connectivity index (χ3v) is 1.29. The van der Waals surface area contributed by atoms with Crippen LogP contribution in [0.3, 0.4) is 0 Å². The van der Waals surface area contributed by atoms with Gasteiger partial charge in [0, 0.05) is 6.04 Å². The molecule has 0 atom stereocenters. The van der Waals surface area contributed by atoms with E-state index in [1.54, 1.807) is 4.68 Å². The fraction of sp³-hybridized carbons (Fsp3) is 0.600. The summed E-state index contributed by atoms with van der Waals surface area (Å²) in [6.07, 6.45) is 1.53. The lowest BCUT2D eigenvalue weighted by molar-refractivity contribution is 0.514. The van der Waals surface area contributed by atoms with Gasteiger partial charge >= 0.3 is 0 Å². The Morgan fingerprint density at radius 2 is 2.33 bits per heavy atom. The molecule has 0 aliphatic carbocycles. The third kappa shape index (κ3) is 1.21. The summed E-state index contributed by atoms with van der Waals surface area (Å²) < 4.78 is 1.65. The summed E-state index contributed by atoms with van der Waals surface area (Å²) in [5.41, 5.74) is 0. The van der Waals surface area contributed by atoms with E-state index in [-0.39, 0.29) is 0 Å². The topological polar surface area (TPSA) is 30.7 Å². The Balaban J connectivity index is 2.94. The molecule has 0 radical (unpaired) electrons. The summed E-state index contributed by atoms with van der Waals surface area (Å²) >= 11 is 5.67. The maximum atomic E-state index is 5.67. The Labute approximate surface area is 58.6 Å². The van der Waals surface area contributed by atoms with Gasteiger partial charge in [0.05, 0.1) is 6.20 Å². The summed E-state index contributed by atoms with van der Waals surface area (Å²) in [5.74, 6) is 0. The fourth-order valence-corrected chi connectivity index (χ4v) is 0.854. The van der Waals surface area contributed by atoms with E-state index in [0.717, 1.165) is 0 Å². The largest absolute Gasteiger partial charge is 0.231 e. The molecular formula is C5H8ClN3. The second-order valence-electron chi connectivity index (χ2n) is 2.10. The average molecular weight is 146 g/mol. The molecule has 1 heterocycles. The minimum absolute atomic E-state index is 0.292. The predicted octanol–water partition coefficient (Wildman–Crippen LogP) is 1.51. The van der Waals surface area contributed by atoms with Crippen LogP contribution >= 0.6 is 11.6 Å². The SMILES string of the molecule is CC(C)n1nncc1Cl. The molecule has 0 aromatic carbocycles. The Bertz CT molecular complexity index is 194. The zero-order valence-corrected chi connectivity index (χ0v) is 6.13. The first-order valence-electron chi connectivity index (χ1n) is 2.77. The van der Waals surface area contributed by atoms with Crippen molar-refractivity contribution < 1.29 is 0 Å². The van der Waals surface area contributed by atoms with Gasteiger partial charge in [-0.05, 0) is 13.8 Å². The molecule has 1 rings (SSSR count). The van der Waals surface area contributed by atoms with Gasteiger partial charge in [0.1, 0.15) is 5.15 Å². The van der Waals surface area contributed by atoms with Gasteiger partial charge in [0.15, 0.2) is 0 Å². The second-order valence-corrected chi connectivity index (χ2v) is 2.48. The third-order valence-electron chi connectivity index (χ3n) is 1.02. The minimum Gasteiger partial charge on any atom is -0.231 e. The van der Waals surface area contributed by atoms with Crippen LogP contribution in [0.25, 0.3) is 0 Å². The van der Waals surface area contributed by atoms with Crippen molar-refractivity contribution in [1.29, 1.82) is 0 Å². The van der Waals surface area contributed by atoms with Crippen LogP contribution in [0.4, 0.5) is 0 Å². The van der Waals surface area contributed by atoms with E-state index in [4.69, 9.17) is 11.6 Å². The summed E-state index contributed by atoms with van der Waals surface area (Å²) in [6, 6.07) is 0.292. The molecule has 9 heavy (non-hydrogen) atoms. The highest BCUT2D eigenvalue weighted by Gasteiger charge is 2.01. The van der Waals surface area contributed by atoms with Crippen LogP contribution in [0.1, 0.15) is 19.9 Å². The molecule has 1 aromatic heterocycles. The predicted molar refractivity (Wildman–Crippen MR) is 35.4 cm³/mol. The average Bonchev–Trinajstić information content (AvgIpc) is 2.13. The summed E-state index contributed by atoms with van der Waals surface area (Å²) in [5, 5.41) is 7.96. The van der Waals surface area contributed by atoms with Crippen LogP contribution in [-0.2, 0) is 0 Å². The van der Waals surface area contributed by atoms with Gasteiger partial charge < -0.3 is 0 Å². The molecule has 0 unspecified atom stereocenters. The number of hydrogen-bond donors (Lipinski definition) is 0. The van der Waals surface area contributed by atoms with Crippen molar-refractivity contribution in [3.8, 4) is 0 Å². The van der Waals surface area contributed by atoms with Crippen molar-refractivity contribution in [2.75, 3.05) is 0 Å². The first-order chi connectivity index (χ1) is 4.22. The molecule has 3 nitrogen and oxygen atoms in total. The Morgan fingerprint density at radius 3 is 2.56 bits per heavy atom. The molecule has 1 aromatic rings. The first kappa shape index (κ1) is 6.55. The van der Waals surface area contributed by atoms with E-state index in [2.05, 4.69) is 10.3 Å². The van der Waals surface area contributed by atoms with Gasteiger partial charge in [-0.15, -0.1) is 5.10 Å². The molecule has 0 saturated carbocycles. The molecule has 0 saturated heterocycles. The van der Waals surface area contributed by atoms with E-state index < -0.39 is 0 Å². The number of aromatic nitrogens is 3. The number of halogens is 1. The summed E-state index contributed by atoms with van der Waals surface area (Å²) in [6.45, 7) is 4.00. The maximum absolute atomic E-state index is 5.67. The summed E-state index contributed by atoms with van der Waals surface area (Å²) in [4.78, 5) is 0. The molecule has 4 heteroatoms. The minimum atomic E-state index is 0.292. The number of nitrogens with zero attached hydrogens (tertiary/aromatic N) is 3. The molecule has 0 aliphatic rings. The zero-order chi connectivity index (χ0) is 6.85. The van der Waals surface area contributed by atoms with Gasteiger partial charge in [-0.2, -0.15) is 0 Å². The Kier molecular flexibility index (Phi) is 1.71. The number of hydrogen-bond acceptors (Lipinski definition) is 2. The lowest BCUT2D eigenvalue weighted by atomic mass is 10.4. The van der Waals surface area contributed by atoms with Gasteiger partial charge in [-0.1, -0.05) is 16.8 Å². The van der Waals surface area contributed by atoms with Crippen LogP contribution in [-0.4, -0.2) is 15.0 Å². The zero-order valence-electron chi connectivity index (χ0n) is 5.37. The van der Waals surface area contributed by atoms with Crippen LogP contribution in [0.2, 0.25) is 5.15 Å². The molecule has 50 valence electrons. The van der Waals surface area contributed by atoms with E-state index in [1.165, 1.54) is 6.20 Å². The Morgan fingerprint density at radius 1 is 1.67 bits per heavy atom. The van der Waals surface area contributed by atoms with Crippen LogP contribution in [0.5, 0.6) is 0 Å². The highest BCUT2D eigenvalue weighted by molar-refractivity contribution is 6.29. The quantitative estimate of drug-likeness (QED) is 0.600. The van der Waals surface area contributed by atoms with Crippen molar-refractivity contribution in [2.24, 2.45) is 0 Å². The van der Waals surface area contributed by atoms with E-state index in [0.29, 0.717) is 11.2 Å². The smallest absolute Gasteiger partial charge is 0.147 e. The van der Waals surface area contributed by atoms with Crippen molar-refractivity contribution >= 4 is 11.6 Å². The molecular weight excluding hydrogens is 138 g/mol. The molecule has 0 spiro atoms. The monoisotopic (exact) mass is 145 g/mol. The van der Waals surface area contributed by atoms with Crippen molar-refractivity contribution in [3.05, 3.63) is 11.3 Å². The maximum Gasteiger partial charge on any atom is 0.147 e. The molecule has 0 fully saturated rings. The van der Waals surface area contributed by atoms with Crippen molar-refractivity contribution in [1.82, 2.24) is 15.0 Å². The molecule has 0 bridgehead atoms. The fourth-order valence-electron chi connectivity index (χ4n) is 0.581. The highest BCUT2D eigenvalue weighted by Crippen LogP contribution is 2.10. The first-order valence-corrected chi connectivity index (χ1v) is 3.15.